The SMILES string of the molecule is CC(NC(=O)c1ccco1)C(=O)Nc1nc2cc3c(cc2s1)OCCO3. The number of hydrogen-bond acceptors (Lipinski definition) is 7. The van der Waals surface area contributed by atoms with Gasteiger partial charge in [0, 0.05) is 12.1 Å². The van der Waals surface area contributed by atoms with Crippen LogP contribution in [0.5, 0.6) is 11.5 Å². The van der Waals surface area contributed by atoms with Crippen molar-refractivity contribution in [2.45, 2.75) is 13.0 Å². The third-order valence-corrected chi connectivity index (χ3v) is 4.70. The van der Waals surface area contributed by atoms with Crippen LogP contribution in [-0.4, -0.2) is 36.1 Å². The molecular formula is C17H15N3O5S. The van der Waals surface area contributed by atoms with Crippen molar-refractivity contribution in [2.75, 3.05) is 18.5 Å². The summed E-state index contributed by atoms with van der Waals surface area (Å²) in [6.45, 7) is 2.59. The van der Waals surface area contributed by atoms with E-state index in [4.69, 9.17) is 13.9 Å². The second kappa shape index (κ2) is 6.68. The standard InChI is InChI=1S/C17H15N3O5S/c1-9(18-16(22)11-3-2-4-23-11)15(21)20-17-19-10-7-12-13(8-14(10)26-17)25-6-5-24-12/h2-4,7-9H,5-6H2,1H3,(H,18,22)(H,19,20,21). The van der Waals surface area contributed by atoms with Crippen LogP contribution in [0.15, 0.2) is 34.9 Å². The van der Waals surface area contributed by atoms with Crippen LogP contribution >= 0.6 is 11.3 Å². The Morgan fingerprint density at radius 3 is 2.73 bits per heavy atom. The molecule has 0 aliphatic carbocycles. The van der Waals surface area contributed by atoms with E-state index in [2.05, 4.69) is 15.6 Å². The summed E-state index contributed by atoms with van der Waals surface area (Å²) in [7, 11) is 0. The second-order valence-electron chi connectivity index (χ2n) is 5.64. The van der Waals surface area contributed by atoms with Crippen LogP contribution in [0.25, 0.3) is 10.2 Å². The molecule has 0 bridgehead atoms. The maximum absolute atomic E-state index is 12.3. The molecule has 0 saturated heterocycles. The van der Waals surface area contributed by atoms with Gasteiger partial charge in [-0.05, 0) is 19.1 Å². The zero-order chi connectivity index (χ0) is 18.1. The van der Waals surface area contributed by atoms with Crippen LogP contribution in [0, 0.1) is 0 Å². The summed E-state index contributed by atoms with van der Waals surface area (Å²) in [6, 6.07) is 6.02. The van der Waals surface area contributed by atoms with Gasteiger partial charge in [0.25, 0.3) is 5.91 Å². The topological polar surface area (TPSA) is 103 Å². The Bertz CT molecular complexity index is 923. The predicted octanol–water partition coefficient (Wildman–Crippen LogP) is 2.42. The average Bonchev–Trinajstić information content (AvgIpc) is 3.28. The molecule has 1 aromatic carbocycles. The van der Waals surface area contributed by atoms with Crippen LogP contribution in [0.4, 0.5) is 5.13 Å². The molecule has 0 radical (unpaired) electrons. The number of amides is 2. The Labute approximate surface area is 152 Å². The van der Waals surface area contributed by atoms with Crippen molar-refractivity contribution in [2.24, 2.45) is 0 Å². The number of carbonyl (C=O) groups excluding carboxylic acids is 2. The molecule has 134 valence electrons. The molecule has 8 nitrogen and oxygen atoms in total. The normalized spacial score (nSPS) is 14.0. The number of rotatable bonds is 4. The third-order valence-electron chi connectivity index (χ3n) is 3.77. The minimum atomic E-state index is -0.750. The van der Waals surface area contributed by atoms with Gasteiger partial charge in [-0.1, -0.05) is 11.3 Å². The minimum Gasteiger partial charge on any atom is -0.486 e. The van der Waals surface area contributed by atoms with Crippen LogP contribution in [0.1, 0.15) is 17.5 Å². The zero-order valence-corrected chi connectivity index (χ0v) is 14.6. The van der Waals surface area contributed by atoms with Crippen LogP contribution in [0.2, 0.25) is 0 Å². The van der Waals surface area contributed by atoms with Crippen LogP contribution < -0.4 is 20.1 Å². The van der Waals surface area contributed by atoms with Crippen LogP contribution in [-0.2, 0) is 4.79 Å². The second-order valence-corrected chi connectivity index (χ2v) is 6.67. The maximum atomic E-state index is 12.3. The van der Waals surface area contributed by atoms with E-state index >= 15 is 0 Å². The van der Waals surface area contributed by atoms with E-state index in [1.165, 1.54) is 23.7 Å². The number of hydrogen-bond donors (Lipinski definition) is 2. The molecule has 4 rings (SSSR count). The van der Waals surface area contributed by atoms with E-state index in [0.717, 1.165) is 4.70 Å². The molecule has 1 aliphatic rings. The van der Waals surface area contributed by atoms with Gasteiger partial charge < -0.3 is 24.5 Å². The fraction of sp³-hybridized carbons (Fsp3) is 0.235. The number of nitrogens with one attached hydrogen (secondary N) is 2. The number of fused-ring (bicyclic) bond motifs is 2. The number of furan rings is 1. The highest BCUT2D eigenvalue weighted by molar-refractivity contribution is 7.22. The van der Waals surface area contributed by atoms with Crippen LogP contribution in [0.3, 0.4) is 0 Å². The molecule has 2 aromatic heterocycles. The van der Waals surface area contributed by atoms with E-state index in [0.29, 0.717) is 35.4 Å². The lowest BCUT2D eigenvalue weighted by Gasteiger charge is -2.17. The van der Waals surface area contributed by atoms with Gasteiger partial charge in [-0.2, -0.15) is 0 Å². The highest BCUT2D eigenvalue weighted by Crippen LogP contribution is 2.37. The summed E-state index contributed by atoms with van der Waals surface area (Å²) < 4.78 is 17.0. The van der Waals surface area contributed by atoms with Gasteiger partial charge in [-0.25, -0.2) is 4.98 Å². The first-order valence-electron chi connectivity index (χ1n) is 7.95. The summed E-state index contributed by atoms with van der Waals surface area (Å²) in [6.07, 6.45) is 1.40. The molecule has 0 saturated carbocycles. The Morgan fingerprint density at radius 1 is 1.23 bits per heavy atom. The number of anilines is 1. The number of nitrogens with zero attached hydrogens (tertiary/aromatic N) is 1. The highest BCUT2D eigenvalue weighted by atomic mass is 32.1. The lowest BCUT2D eigenvalue weighted by molar-refractivity contribution is -0.117. The van der Waals surface area contributed by atoms with Crippen molar-refractivity contribution >= 4 is 38.5 Å². The molecule has 3 aromatic rings. The first kappa shape index (κ1) is 16.4. The van der Waals surface area contributed by atoms with Crippen molar-refractivity contribution < 1.29 is 23.5 Å². The number of aromatic nitrogens is 1. The molecule has 26 heavy (non-hydrogen) atoms. The van der Waals surface area contributed by atoms with E-state index in [9.17, 15) is 9.59 Å². The van der Waals surface area contributed by atoms with E-state index < -0.39 is 11.9 Å². The molecule has 0 fully saturated rings. The molecule has 9 heteroatoms. The Kier molecular flexibility index (Phi) is 4.21. The van der Waals surface area contributed by atoms with Gasteiger partial charge in [0.15, 0.2) is 22.4 Å². The number of carbonyl (C=O) groups is 2. The van der Waals surface area contributed by atoms with Crippen molar-refractivity contribution in [3.63, 3.8) is 0 Å². The Hall–Kier alpha value is -3.07. The highest BCUT2D eigenvalue weighted by Gasteiger charge is 2.20. The van der Waals surface area contributed by atoms with E-state index in [1.54, 1.807) is 19.1 Å². The fourth-order valence-electron chi connectivity index (χ4n) is 2.47. The lowest BCUT2D eigenvalue weighted by atomic mass is 10.3. The third kappa shape index (κ3) is 3.21. The molecule has 2 amide bonds. The van der Waals surface area contributed by atoms with Crippen molar-refractivity contribution in [1.82, 2.24) is 10.3 Å². The van der Waals surface area contributed by atoms with E-state index in [-0.39, 0.29) is 11.7 Å². The van der Waals surface area contributed by atoms with Gasteiger partial charge in [0.05, 0.1) is 16.5 Å². The summed E-state index contributed by atoms with van der Waals surface area (Å²) in [5.74, 6) is 0.635. The molecule has 3 heterocycles. The molecular weight excluding hydrogens is 358 g/mol. The number of ether oxygens (including phenoxy) is 2. The van der Waals surface area contributed by atoms with Crippen molar-refractivity contribution in [3.8, 4) is 11.5 Å². The summed E-state index contributed by atoms with van der Waals surface area (Å²) in [4.78, 5) is 28.6. The van der Waals surface area contributed by atoms with Gasteiger partial charge in [-0.3, -0.25) is 9.59 Å². The monoisotopic (exact) mass is 373 g/mol. The summed E-state index contributed by atoms with van der Waals surface area (Å²) in [5, 5.41) is 5.72. The minimum absolute atomic E-state index is 0.148. The van der Waals surface area contributed by atoms with Gasteiger partial charge in [-0.15, -0.1) is 0 Å². The maximum Gasteiger partial charge on any atom is 0.287 e. The predicted molar refractivity (Wildman–Crippen MR) is 94.9 cm³/mol. The van der Waals surface area contributed by atoms with Crippen molar-refractivity contribution in [3.05, 3.63) is 36.3 Å². The quantitative estimate of drug-likeness (QED) is 0.728. The zero-order valence-electron chi connectivity index (χ0n) is 13.8. The Balaban J connectivity index is 1.46. The first-order chi connectivity index (χ1) is 12.6. The molecule has 1 atom stereocenters. The van der Waals surface area contributed by atoms with E-state index in [1.807, 2.05) is 6.07 Å². The van der Waals surface area contributed by atoms with Crippen molar-refractivity contribution in [1.29, 1.82) is 0 Å². The molecule has 0 spiro atoms. The first-order valence-corrected chi connectivity index (χ1v) is 8.77. The molecule has 2 N–H and O–H groups in total. The lowest BCUT2D eigenvalue weighted by Crippen LogP contribution is -2.41. The smallest absolute Gasteiger partial charge is 0.287 e. The largest absolute Gasteiger partial charge is 0.486 e. The van der Waals surface area contributed by atoms with Gasteiger partial charge in [0.2, 0.25) is 5.91 Å². The number of thiazole rings is 1. The summed E-state index contributed by atoms with van der Waals surface area (Å²) in [5.41, 5.74) is 0.710. The fourth-order valence-corrected chi connectivity index (χ4v) is 3.35. The molecule has 1 unspecified atom stereocenters. The Morgan fingerprint density at radius 2 is 2.00 bits per heavy atom. The number of benzene rings is 1. The molecule has 1 aliphatic heterocycles. The summed E-state index contributed by atoms with van der Waals surface area (Å²) >= 11 is 1.32. The van der Waals surface area contributed by atoms with Gasteiger partial charge >= 0.3 is 0 Å². The van der Waals surface area contributed by atoms with Gasteiger partial charge in [0.1, 0.15) is 19.3 Å². The average molecular weight is 373 g/mol.